The fraction of sp³-hybridized carbons (Fsp3) is 0.833. The molecule has 0 radical (unpaired) electrons. The van der Waals surface area contributed by atoms with Crippen molar-refractivity contribution in [2.75, 3.05) is 6.61 Å². The highest BCUT2D eigenvalue weighted by Crippen LogP contribution is 2.02. The van der Waals surface area contributed by atoms with Crippen molar-refractivity contribution >= 4 is 43.5 Å². The molecule has 0 heterocycles. The molecular weight excluding hydrogens is 274 g/mol. The van der Waals surface area contributed by atoms with Crippen LogP contribution in [0.15, 0.2) is 0 Å². The molecule has 0 aromatic heterocycles. The zero-order valence-corrected chi connectivity index (χ0v) is 9.91. The van der Waals surface area contributed by atoms with E-state index in [0.29, 0.717) is 0 Å². The molecule has 0 spiro atoms. The van der Waals surface area contributed by atoms with Crippen LogP contribution in [0.4, 0.5) is 0 Å². The van der Waals surface area contributed by atoms with E-state index in [2.05, 4.69) is 0 Å². The van der Waals surface area contributed by atoms with Crippen molar-refractivity contribution in [3.63, 3.8) is 0 Å². The third-order valence-corrected chi connectivity index (χ3v) is 1.42. The number of carbonyl (C=O) groups excluding carboxylic acids is 1. The van der Waals surface area contributed by atoms with Gasteiger partial charge in [-0.05, 0) is 0 Å². The smallest absolute Gasteiger partial charge is 0.151 e. The van der Waals surface area contributed by atoms with Crippen LogP contribution in [-0.4, -0.2) is 62.8 Å². The molecule has 0 aliphatic heterocycles. The maximum absolute atomic E-state index is 9.90. The number of aliphatic hydroxyl groups is 5. The summed E-state index contributed by atoms with van der Waals surface area (Å²) in [5.74, 6) is 0. The van der Waals surface area contributed by atoms with Gasteiger partial charge in [-0.15, -0.1) is 37.2 Å². The molecule has 9 heteroatoms. The third-order valence-electron chi connectivity index (χ3n) is 1.42. The van der Waals surface area contributed by atoms with Crippen LogP contribution in [0.5, 0.6) is 0 Å². The Morgan fingerprint density at radius 3 is 1.60 bits per heavy atom. The summed E-state index contributed by atoms with van der Waals surface area (Å²) in [5, 5.41) is 43.5. The van der Waals surface area contributed by atoms with Crippen molar-refractivity contribution < 1.29 is 30.3 Å². The van der Waals surface area contributed by atoms with E-state index in [0.717, 1.165) is 0 Å². The van der Waals surface area contributed by atoms with E-state index < -0.39 is 31.0 Å². The van der Waals surface area contributed by atoms with Crippen LogP contribution in [0, 0.1) is 0 Å². The summed E-state index contributed by atoms with van der Waals surface area (Å²) in [5.41, 5.74) is 0. The molecule has 0 rings (SSSR count). The Bertz CT molecular complexity index is 149. The van der Waals surface area contributed by atoms with Crippen LogP contribution in [0.25, 0.3) is 0 Å². The highest BCUT2D eigenvalue weighted by Gasteiger charge is 2.29. The maximum atomic E-state index is 9.90. The predicted molar refractivity (Wildman–Crippen MR) is 58.9 cm³/mol. The first-order chi connectivity index (χ1) is 5.54. The van der Waals surface area contributed by atoms with E-state index >= 15 is 0 Å². The number of rotatable bonds is 5. The second-order valence-electron chi connectivity index (χ2n) is 2.36. The van der Waals surface area contributed by atoms with Crippen LogP contribution in [0.2, 0.25) is 0 Å². The van der Waals surface area contributed by atoms with Crippen molar-refractivity contribution in [2.24, 2.45) is 0 Å². The highest BCUT2D eigenvalue weighted by atomic mass is 35.5. The molecule has 0 fully saturated rings. The van der Waals surface area contributed by atoms with E-state index in [9.17, 15) is 4.79 Å². The first-order valence-corrected chi connectivity index (χ1v) is 3.33. The second kappa shape index (κ2) is 12.4. The maximum Gasteiger partial charge on any atom is 0.151 e. The summed E-state index contributed by atoms with van der Waals surface area (Å²) in [6.45, 7) is -0.760. The van der Waals surface area contributed by atoms with E-state index in [4.69, 9.17) is 25.5 Å². The van der Waals surface area contributed by atoms with Crippen molar-refractivity contribution in [3.8, 4) is 0 Å². The van der Waals surface area contributed by atoms with Gasteiger partial charge in [0.05, 0.1) is 6.61 Å². The molecule has 4 atom stereocenters. The molecule has 0 bridgehead atoms. The van der Waals surface area contributed by atoms with Crippen LogP contribution in [0.1, 0.15) is 0 Å². The Kier molecular flexibility index (Phi) is 20.3. The molecule has 0 aliphatic rings. The van der Waals surface area contributed by atoms with E-state index in [1.165, 1.54) is 0 Å². The Labute approximate surface area is 105 Å². The number of hydrogen-bond acceptors (Lipinski definition) is 6. The predicted octanol–water partition coefficient (Wildman–Crippen LogP) is -2.11. The zero-order valence-electron chi connectivity index (χ0n) is 7.46. The Morgan fingerprint density at radius 2 is 1.33 bits per heavy atom. The summed E-state index contributed by atoms with van der Waals surface area (Å²) in [6.07, 6.45) is -6.84. The minimum absolute atomic E-state index is 0. The average molecular weight is 290 g/mol. The molecule has 0 aliphatic carbocycles. The largest absolute Gasteiger partial charge is 0.394 e. The average Bonchev–Trinajstić information content (AvgIpc) is 2.12. The molecule has 6 nitrogen and oxygen atoms in total. The lowest BCUT2D eigenvalue weighted by molar-refractivity contribution is -0.136. The molecule has 0 saturated heterocycles. The highest BCUT2D eigenvalue weighted by molar-refractivity contribution is 5.86. The van der Waals surface area contributed by atoms with Gasteiger partial charge in [-0.1, -0.05) is 0 Å². The summed E-state index contributed by atoms with van der Waals surface area (Å²) in [6, 6.07) is 0. The number of aldehydes is 1. The van der Waals surface area contributed by atoms with Gasteiger partial charge >= 0.3 is 0 Å². The second-order valence-corrected chi connectivity index (χ2v) is 2.36. The van der Waals surface area contributed by atoms with Gasteiger partial charge in [0.15, 0.2) is 6.29 Å². The van der Waals surface area contributed by atoms with Gasteiger partial charge in [-0.25, -0.2) is 0 Å². The summed E-state index contributed by atoms with van der Waals surface area (Å²) >= 11 is 0. The Hall–Kier alpha value is 0.340. The zero-order chi connectivity index (χ0) is 9.72. The Morgan fingerprint density at radius 1 is 0.933 bits per heavy atom. The van der Waals surface area contributed by atoms with E-state index in [-0.39, 0.29) is 43.5 Å². The minimum Gasteiger partial charge on any atom is -0.394 e. The number of hydrogen-bond donors (Lipinski definition) is 5. The topological polar surface area (TPSA) is 118 Å². The van der Waals surface area contributed by atoms with Gasteiger partial charge in [0.25, 0.3) is 0 Å². The number of aliphatic hydroxyl groups excluding tert-OH is 5. The number of halogens is 3. The Balaban J connectivity index is -0.000000202. The lowest BCUT2D eigenvalue weighted by Gasteiger charge is -2.22. The summed E-state index contributed by atoms with van der Waals surface area (Å²) in [7, 11) is 0. The van der Waals surface area contributed by atoms with Gasteiger partial charge in [-0.3, -0.25) is 0 Å². The summed E-state index contributed by atoms with van der Waals surface area (Å²) < 4.78 is 0. The standard InChI is InChI=1S/C6H12O6.3ClH/c7-1-3(9)5(11)6(12)4(10)2-8;;;/h1,3-6,8-12H,2H2;3*1H/t3-,4+,5+,6-;;;/m0.../s1. The summed E-state index contributed by atoms with van der Waals surface area (Å²) in [4.78, 5) is 9.90. The normalized spacial score (nSPS) is 16.9. The molecule has 96 valence electrons. The van der Waals surface area contributed by atoms with Gasteiger partial charge in [0.2, 0.25) is 0 Å². The fourth-order valence-corrected chi connectivity index (χ4v) is 0.618. The third kappa shape index (κ3) is 8.18. The van der Waals surface area contributed by atoms with Crippen molar-refractivity contribution in [1.82, 2.24) is 0 Å². The molecular formula is C6H15Cl3O6. The molecule has 0 amide bonds. The molecule has 0 aromatic carbocycles. The minimum atomic E-state index is -1.79. The molecule has 15 heavy (non-hydrogen) atoms. The van der Waals surface area contributed by atoms with Crippen molar-refractivity contribution in [3.05, 3.63) is 0 Å². The quantitative estimate of drug-likeness (QED) is 0.370. The van der Waals surface area contributed by atoms with Gasteiger partial charge in [0, 0.05) is 0 Å². The van der Waals surface area contributed by atoms with Crippen molar-refractivity contribution in [1.29, 1.82) is 0 Å². The lowest BCUT2D eigenvalue weighted by atomic mass is 10.0. The molecule has 0 aromatic rings. The van der Waals surface area contributed by atoms with Crippen LogP contribution < -0.4 is 0 Å². The number of carbonyl (C=O) groups is 1. The lowest BCUT2D eigenvalue weighted by Crippen LogP contribution is -2.46. The van der Waals surface area contributed by atoms with Gasteiger partial charge in [-0.2, -0.15) is 0 Å². The van der Waals surface area contributed by atoms with Crippen LogP contribution >= 0.6 is 37.2 Å². The van der Waals surface area contributed by atoms with E-state index in [1.54, 1.807) is 0 Å². The molecule has 0 saturated carbocycles. The fourth-order valence-electron chi connectivity index (χ4n) is 0.618. The van der Waals surface area contributed by atoms with Crippen LogP contribution in [0.3, 0.4) is 0 Å². The van der Waals surface area contributed by atoms with Crippen molar-refractivity contribution in [2.45, 2.75) is 24.4 Å². The van der Waals surface area contributed by atoms with Gasteiger partial charge in [0.1, 0.15) is 24.4 Å². The first-order valence-electron chi connectivity index (χ1n) is 3.33. The van der Waals surface area contributed by atoms with Gasteiger partial charge < -0.3 is 30.3 Å². The molecule has 0 unspecified atom stereocenters. The SMILES string of the molecule is Cl.Cl.Cl.O=C[C@H](O)[C@@H](O)[C@@H](O)[C@H](O)CO. The first kappa shape index (κ1) is 24.5. The molecule has 5 N–H and O–H groups in total. The monoisotopic (exact) mass is 288 g/mol. The van der Waals surface area contributed by atoms with E-state index in [1.807, 2.05) is 0 Å². The van der Waals surface area contributed by atoms with Crippen LogP contribution in [-0.2, 0) is 4.79 Å².